The van der Waals surface area contributed by atoms with Gasteiger partial charge in [0.1, 0.15) is 11.0 Å². The molecule has 0 unspecified atom stereocenters. The van der Waals surface area contributed by atoms with E-state index in [1.165, 1.54) is 13.2 Å². The van der Waals surface area contributed by atoms with Crippen LogP contribution in [0.4, 0.5) is 0 Å². The van der Waals surface area contributed by atoms with Crippen LogP contribution in [0, 0.1) is 11.3 Å². The summed E-state index contributed by atoms with van der Waals surface area (Å²) in [6, 6.07) is 13.2. The number of methoxy groups -OCH3 is 1. The minimum Gasteiger partial charge on any atom is -0.493 e. The molecule has 0 N–H and O–H groups in total. The Kier molecular flexibility index (Phi) is 6.67. The lowest BCUT2D eigenvalue weighted by molar-refractivity contribution is 0.311. The van der Waals surface area contributed by atoms with Gasteiger partial charge >= 0.3 is 0 Å². The molecule has 0 fully saturated rings. The maximum absolute atomic E-state index is 12.6. The highest BCUT2D eigenvalue weighted by Gasteiger charge is 2.19. The summed E-state index contributed by atoms with van der Waals surface area (Å²) >= 11 is 5.81. The fraction of sp³-hybridized carbons (Fsp3) is 0.211. The summed E-state index contributed by atoms with van der Waals surface area (Å²) in [4.78, 5) is -0.321. The third kappa shape index (κ3) is 5.01. The Bertz CT molecular complexity index is 944. The quantitative estimate of drug-likeness (QED) is 0.660. The molecule has 0 amide bonds. The minimum absolute atomic E-state index is 0.280. The highest BCUT2D eigenvalue weighted by Crippen LogP contribution is 2.29. The third-order valence-corrected chi connectivity index (χ3v) is 5.35. The maximum Gasteiger partial charge on any atom is 0.192 e. The van der Waals surface area contributed by atoms with Crippen molar-refractivity contribution in [3.8, 4) is 17.6 Å². The molecule has 0 saturated carbocycles. The van der Waals surface area contributed by atoms with Gasteiger partial charge in [-0.25, -0.2) is 8.42 Å². The number of nitriles is 1. The van der Waals surface area contributed by atoms with Gasteiger partial charge in [-0.05, 0) is 48.4 Å². The molecular weight excluding hydrogens is 374 g/mol. The lowest BCUT2D eigenvalue weighted by Crippen LogP contribution is -2.06. The van der Waals surface area contributed by atoms with Crippen LogP contribution in [-0.2, 0) is 15.6 Å². The van der Waals surface area contributed by atoms with E-state index in [0.717, 1.165) is 0 Å². The summed E-state index contributed by atoms with van der Waals surface area (Å²) in [5, 5.41) is 9.85. The van der Waals surface area contributed by atoms with E-state index in [2.05, 4.69) is 0 Å². The van der Waals surface area contributed by atoms with Gasteiger partial charge in [0.25, 0.3) is 0 Å². The Morgan fingerprint density at radius 3 is 2.46 bits per heavy atom. The smallest absolute Gasteiger partial charge is 0.192 e. The normalized spacial score (nSPS) is 11.7. The number of nitrogens with zero attached hydrogens (tertiary/aromatic N) is 1. The van der Waals surface area contributed by atoms with Gasteiger partial charge in [0.05, 0.1) is 19.5 Å². The van der Waals surface area contributed by atoms with Crippen LogP contribution < -0.4 is 9.47 Å². The van der Waals surface area contributed by atoms with Crippen molar-refractivity contribution in [1.29, 1.82) is 5.26 Å². The summed E-state index contributed by atoms with van der Waals surface area (Å²) in [5.41, 5.74) is 1.08. The summed E-state index contributed by atoms with van der Waals surface area (Å²) in [5.74, 6) is 0.736. The van der Waals surface area contributed by atoms with E-state index >= 15 is 0 Å². The number of ether oxygens (including phenoxy) is 2. The van der Waals surface area contributed by atoms with Gasteiger partial charge in [-0.15, -0.1) is 0 Å². The van der Waals surface area contributed by atoms with E-state index < -0.39 is 9.84 Å². The van der Waals surface area contributed by atoms with Crippen molar-refractivity contribution >= 4 is 27.5 Å². The van der Waals surface area contributed by atoms with Crippen molar-refractivity contribution in [2.45, 2.75) is 12.7 Å². The topological polar surface area (TPSA) is 76.4 Å². The van der Waals surface area contributed by atoms with Crippen LogP contribution in [0.5, 0.6) is 11.5 Å². The summed E-state index contributed by atoms with van der Waals surface area (Å²) in [7, 11) is -2.30. The van der Waals surface area contributed by atoms with Crippen molar-refractivity contribution in [1.82, 2.24) is 0 Å². The molecule has 0 aliphatic rings. The van der Waals surface area contributed by atoms with E-state index in [0.29, 0.717) is 34.3 Å². The molecule has 26 heavy (non-hydrogen) atoms. The van der Waals surface area contributed by atoms with Crippen molar-refractivity contribution in [2.75, 3.05) is 13.7 Å². The van der Waals surface area contributed by atoms with Crippen LogP contribution in [0.3, 0.4) is 0 Å². The lowest BCUT2D eigenvalue weighted by atomic mass is 10.2. The standard InChI is InChI=1S/C19H18ClNO4S/c1-3-25-18-9-6-15(11-19(18)24-2)10-17(12-21)26(22,23)13-14-4-7-16(20)8-5-14/h4-11H,3,13H2,1-2H3/b17-10-. The molecule has 2 aromatic carbocycles. The second kappa shape index (κ2) is 8.75. The number of allylic oxidation sites excluding steroid dienone is 1. The first-order chi connectivity index (χ1) is 12.4. The number of benzene rings is 2. The fourth-order valence-electron chi connectivity index (χ4n) is 2.27. The Labute approximate surface area is 158 Å². The van der Waals surface area contributed by atoms with Crippen molar-refractivity contribution in [3.63, 3.8) is 0 Å². The van der Waals surface area contributed by atoms with Gasteiger partial charge in [0.15, 0.2) is 21.3 Å². The van der Waals surface area contributed by atoms with Gasteiger partial charge in [-0.3, -0.25) is 0 Å². The number of halogens is 1. The first-order valence-electron chi connectivity index (χ1n) is 7.79. The van der Waals surface area contributed by atoms with Crippen molar-refractivity contribution in [2.24, 2.45) is 0 Å². The zero-order valence-electron chi connectivity index (χ0n) is 14.4. The Morgan fingerprint density at radius 2 is 1.88 bits per heavy atom. The van der Waals surface area contributed by atoms with Crippen LogP contribution in [0.25, 0.3) is 6.08 Å². The van der Waals surface area contributed by atoms with E-state index in [1.807, 2.05) is 6.92 Å². The molecule has 2 aromatic rings. The Morgan fingerprint density at radius 1 is 1.19 bits per heavy atom. The van der Waals surface area contributed by atoms with E-state index in [4.69, 9.17) is 21.1 Å². The molecule has 2 rings (SSSR count). The molecule has 136 valence electrons. The molecule has 5 nitrogen and oxygen atoms in total. The van der Waals surface area contributed by atoms with Gasteiger partial charge in [-0.2, -0.15) is 5.26 Å². The second-order valence-electron chi connectivity index (χ2n) is 5.35. The van der Waals surface area contributed by atoms with Gasteiger partial charge in [-0.1, -0.05) is 29.8 Å². The molecule has 7 heteroatoms. The molecule has 0 aliphatic carbocycles. The Hall–Kier alpha value is -2.49. The van der Waals surface area contributed by atoms with Crippen LogP contribution in [0.1, 0.15) is 18.1 Å². The van der Waals surface area contributed by atoms with Crippen LogP contribution in [-0.4, -0.2) is 22.1 Å². The molecule has 0 bridgehead atoms. The molecular formula is C19H18ClNO4S. The lowest BCUT2D eigenvalue weighted by Gasteiger charge is -2.10. The van der Waals surface area contributed by atoms with E-state index in [-0.39, 0.29) is 10.7 Å². The van der Waals surface area contributed by atoms with Crippen LogP contribution in [0.15, 0.2) is 47.4 Å². The first-order valence-corrected chi connectivity index (χ1v) is 9.82. The highest BCUT2D eigenvalue weighted by atomic mass is 35.5. The monoisotopic (exact) mass is 391 g/mol. The molecule has 0 aromatic heterocycles. The predicted octanol–water partition coefficient (Wildman–Crippen LogP) is 4.23. The molecule has 0 spiro atoms. The average molecular weight is 392 g/mol. The summed E-state index contributed by atoms with van der Waals surface area (Å²) < 4.78 is 35.8. The number of sulfone groups is 1. The third-order valence-electron chi connectivity index (χ3n) is 3.50. The number of rotatable bonds is 7. The Balaban J connectivity index is 2.34. The van der Waals surface area contributed by atoms with E-state index in [1.54, 1.807) is 48.5 Å². The molecule has 0 atom stereocenters. The molecule has 0 saturated heterocycles. The van der Waals surface area contributed by atoms with Crippen molar-refractivity contribution < 1.29 is 17.9 Å². The predicted molar refractivity (Wildman–Crippen MR) is 102 cm³/mol. The van der Waals surface area contributed by atoms with E-state index in [9.17, 15) is 13.7 Å². The largest absolute Gasteiger partial charge is 0.493 e. The summed E-state index contributed by atoms with van der Waals surface area (Å²) in [6.45, 7) is 2.33. The molecule has 0 aliphatic heterocycles. The van der Waals surface area contributed by atoms with Crippen LogP contribution >= 0.6 is 11.6 Å². The van der Waals surface area contributed by atoms with Crippen LogP contribution in [0.2, 0.25) is 5.02 Å². The SMILES string of the molecule is CCOc1ccc(/C=C(/C#N)S(=O)(=O)Cc2ccc(Cl)cc2)cc1OC. The van der Waals surface area contributed by atoms with Crippen molar-refractivity contribution in [3.05, 3.63) is 63.5 Å². The zero-order valence-corrected chi connectivity index (χ0v) is 16.0. The minimum atomic E-state index is -3.79. The second-order valence-corrected chi connectivity index (χ2v) is 7.74. The average Bonchev–Trinajstić information content (AvgIpc) is 2.62. The van der Waals surface area contributed by atoms with Gasteiger partial charge in [0.2, 0.25) is 0 Å². The highest BCUT2D eigenvalue weighted by molar-refractivity contribution is 7.95. The number of hydrogen-bond acceptors (Lipinski definition) is 5. The van der Waals surface area contributed by atoms with Gasteiger partial charge in [0, 0.05) is 5.02 Å². The zero-order chi connectivity index (χ0) is 19.2. The fourth-order valence-corrected chi connectivity index (χ4v) is 3.64. The summed E-state index contributed by atoms with van der Waals surface area (Å²) in [6.07, 6.45) is 1.32. The molecule has 0 radical (unpaired) electrons. The number of hydrogen-bond donors (Lipinski definition) is 0. The van der Waals surface area contributed by atoms with Gasteiger partial charge < -0.3 is 9.47 Å². The maximum atomic E-state index is 12.6. The first kappa shape index (κ1) is 19.8. The molecule has 0 heterocycles.